The first-order valence-corrected chi connectivity index (χ1v) is 5.85. The number of ether oxygens (including phenoxy) is 1. The minimum atomic E-state index is -0.602. The zero-order chi connectivity index (χ0) is 13.8. The lowest BCUT2D eigenvalue weighted by molar-refractivity contribution is -0.124. The van der Waals surface area contributed by atoms with Crippen LogP contribution in [0.5, 0.6) is 11.5 Å². The topological polar surface area (TPSA) is 84.6 Å². The lowest BCUT2D eigenvalue weighted by Crippen LogP contribution is -2.39. The third-order valence-electron chi connectivity index (χ3n) is 3.22. The Labute approximate surface area is 107 Å². The number of anilines is 1. The fourth-order valence-corrected chi connectivity index (χ4v) is 1.45. The number of carbonyl (C=O) groups is 1. The maximum atomic E-state index is 12.1. The molecule has 1 amide bonds. The molecule has 4 N–H and O–H groups in total. The lowest BCUT2D eigenvalue weighted by atomic mass is 9.86. The Morgan fingerprint density at radius 1 is 1.56 bits per heavy atom. The Bertz CT molecular complexity index is 428. The van der Waals surface area contributed by atoms with Crippen molar-refractivity contribution in [2.45, 2.75) is 20.3 Å². The molecule has 0 aliphatic heterocycles. The molecule has 18 heavy (non-hydrogen) atoms. The van der Waals surface area contributed by atoms with Gasteiger partial charge in [0.25, 0.3) is 0 Å². The van der Waals surface area contributed by atoms with Gasteiger partial charge in [0, 0.05) is 18.3 Å². The number of aromatic hydroxyl groups is 1. The van der Waals surface area contributed by atoms with E-state index in [1.54, 1.807) is 12.1 Å². The fourth-order valence-electron chi connectivity index (χ4n) is 1.45. The predicted molar refractivity (Wildman–Crippen MR) is 70.7 cm³/mol. The smallest absolute Gasteiger partial charge is 0.231 e. The summed E-state index contributed by atoms with van der Waals surface area (Å²) in [6.07, 6.45) is 0.650. The highest BCUT2D eigenvalue weighted by molar-refractivity contribution is 5.95. The monoisotopic (exact) mass is 252 g/mol. The number of hydrogen-bond acceptors (Lipinski definition) is 4. The minimum absolute atomic E-state index is 0.0127. The molecule has 0 bridgehead atoms. The number of hydrogen-bond donors (Lipinski definition) is 3. The SMILES string of the molecule is CCC(C)(CN)C(=O)Nc1ccc(OC)c(O)c1. The van der Waals surface area contributed by atoms with Gasteiger partial charge in [-0.2, -0.15) is 0 Å². The molecule has 1 unspecified atom stereocenters. The molecule has 100 valence electrons. The summed E-state index contributed by atoms with van der Waals surface area (Å²) in [5, 5.41) is 12.4. The van der Waals surface area contributed by atoms with Gasteiger partial charge in [0.05, 0.1) is 12.5 Å². The van der Waals surface area contributed by atoms with Gasteiger partial charge in [-0.25, -0.2) is 0 Å². The summed E-state index contributed by atoms with van der Waals surface area (Å²) in [6, 6.07) is 4.71. The summed E-state index contributed by atoms with van der Waals surface area (Å²) in [6.45, 7) is 4.00. The van der Waals surface area contributed by atoms with Crippen molar-refractivity contribution in [1.29, 1.82) is 0 Å². The van der Waals surface area contributed by atoms with Crippen LogP contribution in [0.1, 0.15) is 20.3 Å². The van der Waals surface area contributed by atoms with E-state index in [-0.39, 0.29) is 18.2 Å². The highest BCUT2D eigenvalue weighted by atomic mass is 16.5. The van der Waals surface area contributed by atoms with Crippen molar-refractivity contribution in [3.63, 3.8) is 0 Å². The summed E-state index contributed by atoms with van der Waals surface area (Å²) < 4.78 is 4.93. The molecule has 0 aromatic heterocycles. The van der Waals surface area contributed by atoms with Crippen LogP contribution in [0.3, 0.4) is 0 Å². The van der Waals surface area contributed by atoms with E-state index in [9.17, 15) is 9.90 Å². The van der Waals surface area contributed by atoms with Crippen LogP contribution in [-0.4, -0.2) is 24.7 Å². The number of carbonyl (C=O) groups excluding carboxylic acids is 1. The third kappa shape index (κ3) is 2.92. The molecule has 0 spiro atoms. The molecule has 1 aromatic rings. The Hall–Kier alpha value is -1.75. The van der Waals surface area contributed by atoms with Crippen molar-refractivity contribution in [3.05, 3.63) is 18.2 Å². The Kier molecular flexibility index (Phi) is 4.55. The van der Waals surface area contributed by atoms with E-state index in [1.165, 1.54) is 13.2 Å². The number of phenolic OH excluding ortho intramolecular Hbond substituents is 1. The van der Waals surface area contributed by atoms with Gasteiger partial charge in [0.1, 0.15) is 0 Å². The number of phenols is 1. The van der Waals surface area contributed by atoms with Crippen LogP contribution in [0.4, 0.5) is 5.69 Å². The van der Waals surface area contributed by atoms with Crippen molar-refractivity contribution in [1.82, 2.24) is 0 Å². The second-order valence-corrected chi connectivity index (χ2v) is 4.46. The summed E-state index contributed by atoms with van der Waals surface area (Å²) in [7, 11) is 1.47. The van der Waals surface area contributed by atoms with Crippen LogP contribution in [0.25, 0.3) is 0 Å². The Morgan fingerprint density at radius 2 is 2.22 bits per heavy atom. The second-order valence-electron chi connectivity index (χ2n) is 4.46. The molecule has 0 saturated carbocycles. The number of amides is 1. The van der Waals surface area contributed by atoms with Crippen molar-refractivity contribution in [2.75, 3.05) is 19.0 Å². The quantitative estimate of drug-likeness (QED) is 0.745. The molecular formula is C13H20N2O3. The second kappa shape index (κ2) is 5.73. The van der Waals surface area contributed by atoms with E-state index >= 15 is 0 Å². The van der Waals surface area contributed by atoms with Gasteiger partial charge in [-0.1, -0.05) is 6.92 Å². The Balaban J connectivity index is 2.85. The number of benzene rings is 1. The van der Waals surface area contributed by atoms with Crippen LogP contribution in [0, 0.1) is 5.41 Å². The lowest BCUT2D eigenvalue weighted by Gasteiger charge is -2.25. The van der Waals surface area contributed by atoms with Crippen molar-refractivity contribution < 1.29 is 14.6 Å². The Morgan fingerprint density at radius 3 is 2.67 bits per heavy atom. The van der Waals surface area contributed by atoms with Crippen molar-refractivity contribution >= 4 is 11.6 Å². The minimum Gasteiger partial charge on any atom is -0.504 e. The molecule has 0 aliphatic carbocycles. The van der Waals surface area contributed by atoms with Crippen LogP contribution < -0.4 is 15.8 Å². The molecule has 1 atom stereocenters. The maximum Gasteiger partial charge on any atom is 0.231 e. The summed E-state index contributed by atoms with van der Waals surface area (Å²) in [5.74, 6) is 0.198. The molecule has 0 radical (unpaired) electrons. The van der Waals surface area contributed by atoms with E-state index < -0.39 is 5.41 Å². The van der Waals surface area contributed by atoms with Crippen LogP contribution in [0.2, 0.25) is 0 Å². The molecule has 5 heteroatoms. The van der Waals surface area contributed by atoms with Gasteiger partial charge >= 0.3 is 0 Å². The fraction of sp³-hybridized carbons (Fsp3) is 0.462. The zero-order valence-corrected chi connectivity index (χ0v) is 11.0. The van der Waals surface area contributed by atoms with Crippen LogP contribution >= 0.6 is 0 Å². The average Bonchev–Trinajstić information content (AvgIpc) is 2.38. The molecular weight excluding hydrogens is 232 g/mol. The van der Waals surface area contributed by atoms with Crippen LogP contribution in [-0.2, 0) is 4.79 Å². The van der Waals surface area contributed by atoms with Gasteiger partial charge in [-0.05, 0) is 25.5 Å². The molecule has 1 rings (SSSR count). The van der Waals surface area contributed by atoms with Crippen molar-refractivity contribution in [2.24, 2.45) is 11.1 Å². The number of nitrogens with one attached hydrogen (secondary N) is 1. The first-order valence-electron chi connectivity index (χ1n) is 5.85. The first-order chi connectivity index (χ1) is 8.46. The molecule has 0 saturated heterocycles. The number of nitrogens with two attached hydrogens (primary N) is 1. The highest BCUT2D eigenvalue weighted by Gasteiger charge is 2.29. The molecule has 0 heterocycles. The predicted octanol–water partition coefficient (Wildman–Crippen LogP) is 1.71. The van der Waals surface area contributed by atoms with E-state index in [0.29, 0.717) is 17.9 Å². The third-order valence-corrected chi connectivity index (χ3v) is 3.22. The largest absolute Gasteiger partial charge is 0.504 e. The summed E-state index contributed by atoms with van der Waals surface area (Å²) >= 11 is 0. The molecule has 1 aromatic carbocycles. The van der Waals surface area contributed by atoms with Gasteiger partial charge in [0.2, 0.25) is 5.91 Å². The van der Waals surface area contributed by atoms with E-state index in [1.807, 2.05) is 13.8 Å². The normalized spacial score (nSPS) is 13.8. The van der Waals surface area contributed by atoms with Gasteiger partial charge in [0.15, 0.2) is 11.5 Å². The van der Waals surface area contributed by atoms with E-state index in [0.717, 1.165) is 0 Å². The molecule has 0 fully saturated rings. The van der Waals surface area contributed by atoms with Crippen LogP contribution in [0.15, 0.2) is 18.2 Å². The van der Waals surface area contributed by atoms with E-state index in [2.05, 4.69) is 5.32 Å². The van der Waals surface area contributed by atoms with Crippen molar-refractivity contribution in [3.8, 4) is 11.5 Å². The average molecular weight is 252 g/mol. The molecule has 5 nitrogen and oxygen atoms in total. The van der Waals surface area contributed by atoms with E-state index in [4.69, 9.17) is 10.5 Å². The summed E-state index contributed by atoms with van der Waals surface area (Å²) in [5.41, 5.74) is 5.54. The molecule has 0 aliphatic rings. The number of methoxy groups -OCH3 is 1. The standard InChI is InChI=1S/C13H20N2O3/c1-4-13(2,8-14)12(17)15-9-5-6-11(18-3)10(16)7-9/h5-7,16H,4,8,14H2,1-3H3,(H,15,17). The van der Waals surface area contributed by atoms with Gasteiger partial charge < -0.3 is 20.9 Å². The number of rotatable bonds is 5. The van der Waals surface area contributed by atoms with Gasteiger partial charge in [-0.3, -0.25) is 4.79 Å². The highest BCUT2D eigenvalue weighted by Crippen LogP contribution is 2.29. The summed E-state index contributed by atoms with van der Waals surface area (Å²) in [4.78, 5) is 12.1. The maximum absolute atomic E-state index is 12.1. The van der Waals surface area contributed by atoms with Gasteiger partial charge in [-0.15, -0.1) is 0 Å². The first kappa shape index (κ1) is 14.3. The zero-order valence-electron chi connectivity index (χ0n) is 11.0.